The van der Waals surface area contributed by atoms with Crippen molar-refractivity contribution in [2.75, 3.05) is 53.4 Å². The molecule has 0 heterocycles. The standard InChI is InChI=1S/C14H30.C13H28.2C12H27N.2C11H23NO/c1-6-14(13(4)5)11-9-7-8-10-12(2)3;1-11(2)9-7-6-8-10-13(5)12(3)4;2*1-11(2)7-6-9-13(5)10-8-12(3)4;2*1-9(2)5-6-11(13)12-8-7-10(3)4/h12-14H,6-11H2,1-5H3;11-13H,6-10H2,1-5H3;2*11-12H,6-10H2,1-5H3;2*9-10H,5-8H2,1-4H3,(H,12,13). The molecule has 0 aliphatic carbocycles. The smallest absolute Gasteiger partial charge is 0.220 e. The maximum absolute atomic E-state index is 11.2. The van der Waals surface area contributed by atoms with Crippen molar-refractivity contribution in [3.05, 3.63) is 0 Å². The third kappa shape index (κ3) is 90.8. The highest BCUT2D eigenvalue weighted by Gasteiger charge is 2.11. The second-order valence-corrected chi connectivity index (χ2v) is 29.7. The molecule has 0 aromatic carbocycles. The maximum atomic E-state index is 11.2. The number of nitrogens with zero attached hydrogens (tertiary/aromatic N) is 2. The highest BCUT2D eigenvalue weighted by atomic mass is 16.2. The molecule has 6 nitrogen and oxygen atoms in total. The number of unbranched alkanes of at least 4 members (excludes halogenated alkanes) is 4. The van der Waals surface area contributed by atoms with E-state index in [0.717, 1.165) is 98.0 Å². The van der Waals surface area contributed by atoms with Crippen molar-refractivity contribution in [2.24, 2.45) is 82.9 Å². The van der Waals surface area contributed by atoms with Gasteiger partial charge in [0.2, 0.25) is 11.8 Å². The number of carbonyl (C=O) groups is 2. The van der Waals surface area contributed by atoms with Crippen molar-refractivity contribution in [3.63, 3.8) is 0 Å². The van der Waals surface area contributed by atoms with Gasteiger partial charge in [0, 0.05) is 25.9 Å². The number of nitrogens with one attached hydrogen (secondary N) is 2. The first-order valence-corrected chi connectivity index (χ1v) is 34.6. The molecule has 482 valence electrons. The molecule has 0 rings (SSSR count). The first-order chi connectivity index (χ1) is 36.7. The molecule has 2 unspecified atom stereocenters. The molecule has 0 saturated carbocycles. The summed E-state index contributed by atoms with van der Waals surface area (Å²) in [5.74, 6) is 11.8. The van der Waals surface area contributed by atoms with Crippen LogP contribution in [0.3, 0.4) is 0 Å². The van der Waals surface area contributed by atoms with Crippen LogP contribution in [-0.4, -0.2) is 75.0 Å². The summed E-state index contributed by atoms with van der Waals surface area (Å²) in [6, 6.07) is 0. The summed E-state index contributed by atoms with van der Waals surface area (Å²) in [4.78, 5) is 27.4. The molecule has 2 N–H and O–H groups in total. The number of amides is 2. The fourth-order valence-corrected chi connectivity index (χ4v) is 8.41. The normalized spacial score (nSPS) is 12.3. The molecule has 0 radical (unpaired) electrons. The van der Waals surface area contributed by atoms with Gasteiger partial charge in [-0.25, -0.2) is 0 Å². The van der Waals surface area contributed by atoms with Gasteiger partial charge in [0.15, 0.2) is 0 Å². The molecule has 0 bridgehead atoms. The summed E-state index contributed by atoms with van der Waals surface area (Å²) in [6.07, 6.45) is 29.3. The van der Waals surface area contributed by atoms with Crippen LogP contribution in [0.25, 0.3) is 0 Å². The van der Waals surface area contributed by atoms with Crippen molar-refractivity contribution in [1.82, 2.24) is 20.4 Å². The number of rotatable bonds is 41. The number of hydrogen-bond acceptors (Lipinski definition) is 4. The molecule has 6 heteroatoms. The summed E-state index contributed by atoms with van der Waals surface area (Å²) in [5, 5.41) is 5.86. The predicted octanol–water partition coefficient (Wildman–Crippen LogP) is 22.1. The van der Waals surface area contributed by atoms with E-state index in [1.165, 1.54) is 135 Å². The minimum absolute atomic E-state index is 0.203. The van der Waals surface area contributed by atoms with Gasteiger partial charge in [-0.15, -0.1) is 0 Å². The molecule has 0 aliphatic rings. The van der Waals surface area contributed by atoms with E-state index < -0.39 is 0 Å². The average molecular weight is 1120 g/mol. The Balaban J connectivity index is -0.000000202. The van der Waals surface area contributed by atoms with Crippen LogP contribution in [0.5, 0.6) is 0 Å². The zero-order valence-corrected chi connectivity index (χ0v) is 60.3. The molecule has 0 spiro atoms. The van der Waals surface area contributed by atoms with Gasteiger partial charge in [-0.3, -0.25) is 9.59 Å². The van der Waals surface area contributed by atoms with E-state index >= 15 is 0 Å². The van der Waals surface area contributed by atoms with E-state index in [1.54, 1.807) is 0 Å². The van der Waals surface area contributed by atoms with Crippen molar-refractivity contribution >= 4 is 11.8 Å². The van der Waals surface area contributed by atoms with Crippen LogP contribution in [0.4, 0.5) is 0 Å². The monoisotopic (exact) mass is 1120 g/mol. The summed E-state index contributed by atoms with van der Waals surface area (Å²) < 4.78 is 0. The van der Waals surface area contributed by atoms with Crippen molar-refractivity contribution in [2.45, 2.75) is 328 Å². The lowest BCUT2D eigenvalue weighted by Gasteiger charge is -2.18. The first-order valence-electron chi connectivity index (χ1n) is 34.6. The van der Waals surface area contributed by atoms with Gasteiger partial charge in [-0.2, -0.15) is 0 Å². The van der Waals surface area contributed by atoms with Crippen LogP contribution in [0.2, 0.25) is 0 Å². The average Bonchev–Trinajstić information content (AvgIpc) is 3.32. The molecular weight excluding hydrogens is 965 g/mol. The second-order valence-electron chi connectivity index (χ2n) is 29.7. The molecule has 0 saturated heterocycles. The van der Waals surface area contributed by atoms with Crippen molar-refractivity contribution < 1.29 is 9.59 Å². The molecule has 79 heavy (non-hydrogen) atoms. The van der Waals surface area contributed by atoms with E-state index in [1.807, 2.05) is 0 Å². The lowest BCUT2D eigenvalue weighted by molar-refractivity contribution is -0.122. The molecule has 0 fully saturated rings. The van der Waals surface area contributed by atoms with E-state index in [-0.39, 0.29) is 11.8 Å². The van der Waals surface area contributed by atoms with Gasteiger partial charge in [-0.1, -0.05) is 251 Å². The van der Waals surface area contributed by atoms with Crippen LogP contribution in [-0.2, 0) is 9.59 Å². The fourth-order valence-electron chi connectivity index (χ4n) is 8.41. The Kier molecular flexibility index (Phi) is 70.9. The van der Waals surface area contributed by atoms with Crippen molar-refractivity contribution in [3.8, 4) is 0 Å². The lowest BCUT2D eigenvalue weighted by atomic mass is 9.88. The molecule has 0 aromatic heterocycles. The molecule has 0 aromatic rings. The van der Waals surface area contributed by atoms with Gasteiger partial charge in [0.05, 0.1) is 0 Å². The third-order valence-electron chi connectivity index (χ3n) is 15.2. The lowest BCUT2D eigenvalue weighted by Crippen LogP contribution is -2.25. The Labute approximate surface area is 503 Å². The van der Waals surface area contributed by atoms with Crippen LogP contribution >= 0.6 is 0 Å². The summed E-state index contributed by atoms with van der Waals surface area (Å²) in [5.41, 5.74) is 0. The maximum Gasteiger partial charge on any atom is 0.220 e. The Bertz CT molecular complexity index is 1130. The Morgan fingerprint density at radius 1 is 0.304 bits per heavy atom. The summed E-state index contributed by atoms with van der Waals surface area (Å²) >= 11 is 0. The predicted molar refractivity (Wildman–Crippen MR) is 364 cm³/mol. The largest absolute Gasteiger partial charge is 0.356 e. The third-order valence-corrected chi connectivity index (χ3v) is 15.2. The second kappa shape index (κ2) is 62.9. The Morgan fingerprint density at radius 3 is 0.848 bits per heavy atom. The summed E-state index contributed by atoms with van der Waals surface area (Å²) in [7, 11) is 4.48. The van der Waals surface area contributed by atoms with E-state index in [9.17, 15) is 9.59 Å². The van der Waals surface area contributed by atoms with Crippen LogP contribution in [0.15, 0.2) is 0 Å². The highest BCUT2D eigenvalue weighted by Crippen LogP contribution is 2.23. The van der Waals surface area contributed by atoms with Gasteiger partial charge < -0.3 is 20.4 Å². The van der Waals surface area contributed by atoms with Crippen LogP contribution in [0.1, 0.15) is 328 Å². The SMILES string of the molecule is CC(C)CCCCCC(C)C(C)C.CC(C)CCCN(C)CCC(C)C.CC(C)CCCN(C)CCC(C)C.CC(C)CCNC(=O)CCC(C)C.CC(C)CCNC(=O)CCC(C)C.CCC(CCCCCC(C)C)C(C)C. The minimum atomic E-state index is 0.203. The Hall–Kier alpha value is -1.14. The summed E-state index contributed by atoms with van der Waals surface area (Å²) in [6.45, 7) is 65.7. The molecule has 2 atom stereocenters. The van der Waals surface area contributed by atoms with E-state index in [4.69, 9.17) is 0 Å². The number of hydrogen-bond donors (Lipinski definition) is 2. The quantitative estimate of drug-likeness (QED) is 0.0599. The van der Waals surface area contributed by atoms with E-state index in [0.29, 0.717) is 36.5 Å². The van der Waals surface area contributed by atoms with Crippen molar-refractivity contribution in [1.29, 1.82) is 0 Å². The zero-order chi connectivity index (χ0) is 62.3. The number of carbonyl (C=O) groups excluding carboxylic acids is 2. The highest BCUT2D eigenvalue weighted by molar-refractivity contribution is 5.76. The molecular formula is C73H158N4O2. The van der Waals surface area contributed by atoms with Gasteiger partial charge in [0.25, 0.3) is 0 Å². The first kappa shape index (κ1) is 89.1. The molecule has 2 amide bonds. The zero-order valence-electron chi connectivity index (χ0n) is 60.3. The Morgan fingerprint density at radius 2 is 0.582 bits per heavy atom. The minimum Gasteiger partial charge on any atom is -0.356 e. The van der Waals surface area contributed by atoms with Crippen LogP contribution in [0, 0.1) is 82.9 Å². The molecule has 0 aliphatic heterocycles. The fraction of sp³-hybridized carbons (Fsp3) is 0.973. The van der Waals surface area contributed by atoms with Crippen LogP contribution < -0.4 is 10.6 Å². The van der Waals surface area contributed by atoms with Gasteiger partial charge >= 0.3 is 0 Å². The van der Waals surface area contributed by atoms with Gasteiger partial charge in [0.1, 0.15) is 0 Å². The van der Waals surface area contributed by atoms with Gasteiger partial charge in [-0.05, 0) is 187 Å². The van der Waals surface area contributed by atoms with E-state index in [2.05, 4.69) is 215 Å². The topological polar surface area (TPSA) is 64.7 Å².